The number of halogens is 1. The van der Waals surface area contributed by atoms with E-state index in [-0.39, 0.29) is 5.15 Å². The molecule has 0 atom stereocenters. The van der Waals surface area contributed by atoms with Gasteiger partial charge in [0.05, 0.1) is 11.8 Å². The van der Waals surface area contributed by atoms with Crippen molar-refractivity contribution in [2.45, 2.75) is 26.4 Å². The molecule has 2 rings (SSSR count). The van der Waals surface area contributed by atoms with Gasteiger partial charge >= 0.3 is 6.09 Å². The molecule has 0 spiro atoms. The van der Waals surface area contributed by atoms with Gasteiger partial charge in [0.15, 0.2) is 5.65 Å². The molecule has 7 heteroatoms. The van der Waals surface area contributed by atoms with Crippen LogP contribution >= 0.6 is 11.6 Å². The Labute approximate surface area is 127 Å². The molecule has 2 aromatic heterocycles. The minimum atomic E-state index is -0.602. The van der Waals surface area contributed by atoms with Crippen molar-refractivity contribution in [3.8, 4) is 12.3 Å². The highest BCUT2D eigenvalue weighted by Gasteiger charge is 2.23. The van der Waals surface area contributed by atoms with Crippen LogP contribution in [0.3, 0.4) is 0 Å². The van der Waals surface area contributed by atoms with Gasteiger partial charge < -0.3 is 4.74 Å². The second-order valence-electron chi connectivity index (χ2n) is 5.41. The van der Waals surface area contributed by atoms with E-state index in [1.807, 2.05) is 0 Å². The Morgan fingerprint density at radius 2 is 2.19 bits per heavy atom. The van der Waals surface area contributed by atoms with Crippen molar-refractivity contribution in [2.24, 2.45) is 0 Å². The summed E-state index contributed by atoms with van der Waals surface area (Å²) in [6, 6.07) is 1.52. The monoisotopic (exact) mass is 306 g/mol. The number of carbonyl (C=O) groups is 1. The van der Waals surface area contributed by atoms with E-state index in [1.165, 1.54) is 21.7 Å². The molecule has 0 aromatic carbocycles. The number of hydrogen-bond acceptors (Lipinski definition) is 4. The molecule has 0 saturated heterocycles. The van der Waals surface area contributed by atoms with Gasteiger partial charge in [-0.15, -0.1) is 6.42 Å². The van der Waals surface area contributed by atoms with Crippen molar-refractivity contribution in [1.82, 2.24) is 14.6 Å². The molecule has 0 saturated carbocycles. The third-order valence-corrected chi connectivity index (χ3v) is 2.78. The summed E-state index contributed by atoms with van der Waals surface area (Å²) < 4.78 is 6.77. The molecule has 2 aromatic rings. The van der Waals surface area contributed by atoms with Gasteiger partial charge in [-0.3, -0.25) is 4.90 Å². The normalized spacial score (nSPS) is 11.2. The maximum atomic E-state index is 12.1. The van der Waals surface area contributed by atoms with Crippen LogP contribution in [-0.2, 0) is 4.74 Å². The largest absolute Gasteiger partial charge is 0.443 e. The molecule has 0 aliphatic rings. The molecule has 110 valence electrons. The second-order valence-corrected chi connectivity index (χ2v) is 5.80. The molecule has 0 fully saturated rings. The van der Waals surface area contributed by atoms with Gasteiger partial charge in [-0.1, -0.05) is 17.5 Å². The predicted octanol–water partition coefficient (Wildman–Crippen LogP) is 2.74. The van der Waals surface area contributed by atoms with E-state index in [0.29, 0.717) is 17.0 Å². The molecule has 21 heavy (non-hydrogen) atoms. The number of fused-ring (bicyclic) bond motifs is 1. The topological polar surface area (TPSA) is 59.7 Å². The van der Waals surface area contributed by atoms with Crippen molar-refractivity contribution in [1.29, 1.82) is 0 Å². The number of rotatable bonds is 1. The van der Waals surface area contributed by atoms with Crippen LogP contribution in [-0.4, -0.2) is 33.3 Å². The number of aromatic nitrogens is 3. The van der Waals surface area contributed by atoms with E-state index in [2.05, 4.69) is 16.0 Å². The number of carbonyl (C=O) groups excluding carboxylic acids is 1. The van der Waals surface area contributed by atoms with Gasteiger partial charge in [-0.05, 0) is 20.8 Å². The Morgan fingerprint density at radius 3 is 2.76 bits per heavy atom. The number of anilines is 1. The molecular formula is C14H15ClN4O2. The highest BCUT2D eigenvalue weighted by molar-refractivity contribution is 6.29. The number of terminal acetylenes is 1. The predicted molar refractivity (Wildman–Crippen MR) is 80.6 cm³/mol. The summed E-state index contributed by atoms with van der Waals surface area (Å²) in [7, 11) is 1.57. The van der Waals surface area contributed by atoms with Crippen molar-refractivity contribution in [3.63, 3.8) is 0 Å². The maximum Gasteiger partial charge on any atom is 0.415 e. The Kier molecular flexibility index (Phi) is 3.79. The van der Waals surface area contributed by atoms with Crippen LogP contribution < -0.4 is 4.90 Å². The van der Waals surface area contributed by atoms with Gasteiger partial charge in [0, 0.05) is 13.1 Å². The average molecular weight is 307 g/mol. The van der Waals surface area contributed by atoms with Gasteiger partial charge in [0.2, 0.25) is 0 Å². The fourth-order valence-electron chi connectivity index (χ4n) is 1.68. The first-order valence-electron chi connectivity index (χ1n) is 6.20. The Balaban J connectivity index is 2.49. The molecule has 0 radical (unpaired) electrons. The zero-order valence-corrected chi connectivity index (χ0v) is 13.0. The van der Waals surface area contributed by atoms with Crippen LogP contribution in [0.5, 0.6) is 0 Å². The first-order valence-corrected chi connectivity index (χ1v) is 6.58. The Morgan fingerprint density at radius 1 is 1.52 bits per heavy atom. The van der Waals surface area contributed by atoms with Crippen LogP contribution in [0.25, 0.3) is 5.65 Å². The van der Waals surface area contributed by atoms with Crippen molar-refractivity contribution >= 4 is 29.2 Å². The van der Waals surface area contributed by atoms with Gasteiger partial charge in [0.1, 0.15) is 16.6 Å². The first kappa shape index (κ1) is 15.1. The van der Waals surface area contributed by atoms with E-state index in [0.717, 1.165) is 0 Å². The van der Waals surface area contributed by atoms with Gasteiger partial charge in [-0.2, -0.15) is 9.61 Å². The van der Waals surface area contributed by atoms with Crippen molar-refractivity contribution < 1.29 is 9.53 Å². The van der Waals surface area contributed by atoms with Crippen molar-refractivity contribution in [3.05, 3.63) is 23.0 Å². The van der Waals surface area contributed by atoms with E-state index in [4.69, 9.17) is 22.8 Å². The SMILES string of the molecule is C#Cc1cnn2c(N(C)C(=O)OC(C)(C)C)cc(Cl)nc12. The highest BCUT2D eigenvalue weighted by Crippen LogP contribution is 2.22. The molecule has 1 amide bonds. The Hall–Kier alpha value is -2.26. The molecular weight excluding hydrogens is 292 g/mol. The van der Waals surface area contributed by atoms with Crippen LogP contribution in [0.2, 0.25) is 5.15 Å². The molecule has 0 aliphatic heterocycles. The van der Waals surface area contributed by atoms with E-state index < -0.39 is 11.7 Å². The average Bonchev–Trinajstić information content (AvgIpc) is 2.77. The molecule has 0 unspecified atom stereocenters. The van der Waals surface area contributed by atoms with Crippen molar-refractivity contribution in [2.75, 3.05) is 11.9 Å². The fraction of sp³-hybridized carbons (Fsp3) is 0.357. The summed E-state index contributed by atoms with van der Waals surface area (Å²) in [6.07, 6.45) is 6.35. The number of amides is 1. The van der Waals surface area contributed by atoms with Gasteiger partial charge in [-0.25, -0.2) is 9.78 Å². The maximum absolute atomic E-state index is 12.1. The Bertz CT molecular complexity index is 740. The standard InChI is InChI=1S/C14H15ClN4O2/c1-6-9-8-16-19-11(7-10(15)17-12(9)19)18(5)13(20)21-14(2,3)4/h1,7-8H,2-5H3. The lowest BCUT2D eigenvalue weighted by Gasteiger charge is -2.24. The highest BCUT2D eigenvalue weighted by atomic mass is 35.5. The number of nitrogens with zero attached hydrogens (tertiary/aromatic N) is 4. The summed E-state index contributed by atoms with van der Waals surface area (Å²) in [5, 5.41) is 4.35. The fourth-order valence-corrected chi connectivity index (χ4v) is 1.86. The third-order valence-electron chi connectivity index (χ3n) is 2.59. The van der Waals surface area contributed by atoms with Crippen LogP contribution in [0.4, 0.5) is 10.6 Å². The lowest BCUT2D eigenvalue weighted by Crippen LogP contribution is -2.35. The summed E-state index contributed by atoms with van der Waals surface area (Å²) in [5.74, 6) is 2.89. The molecule has 0 aliphatic carbocycles. The minimum Gasteiger partial charge on any atom is -0.443 e. The third kappa shape index (κ3) is 3.09. The summed E-state index contributed by atoms with van der Waals surface area (Å²) in [5.41, 5.74) is 0.307. The lowest BCUT2D eigenvalue weighted by molar-refractivity contribution is 0.0587. The summed E-state index contributed by atoms with van der Waals surface area (Å²) >= 11 is 5.99. The summed E-state index contributed by atoms with van der Waals surface area (Å²) in [4.78, 5) is 17.6. The van der Waals surface area contributed by atoms with Crippen LogP contribution in [0.15, 0.2) is 12.3 Å². The minimum absolute atomic E-state index is 0.213. The number of ether oxygens (including phenoxy) is 1. The zero-order valence-electron chi connectivity index (χ0n) is 12.2. The first-order chi connectivity index (χ1) is 9.73. The molecule has 0 N–H and O–H groups in total. The van der Waals surface area contributed by atoms with Crippen LogP contribution in [0.1, 0.15) is 26.3 Å². The van der Waals surface area contributed by atoms with Gasteiger partial charge in [0.25, 0.3) is 0 Å². The molecule has 2 heterocycles. The second kappa shape index (κ2) is 5.26. The zero-order chi connectivity index (χ0) is 15.8. The lowest BCUT2D eigenvalue weighted by atomic mass is 10.2. The van der Waals surface area contributed by atoms with E-state index in [9.17, 15) is 4.79 Å². The molecule has 6 nitrogen and oxygen atoms in total. The van der Waals surface area contributed by atoms with Crippen LogP contribution in [0, 0.1) is 12.3 Å². The van der Waals surface area contributed by atoms with E-state index >= 15 is 0 Å². The summed E-state index contributed by atoms with van der Waals surface area (Å²) in [6.45, 7) is 5.37. The number of hydrogen-bond donors (Lipinski definition) is 0. The smallest absolute Gasteiger partial charge is 0.415 e. The van der Waals surface area contributed by atoms with E-state index in [1.54, 1.807) is 27.8 Å². The molecule has 0 bridgehead atoms. The quantitative estimate of drug-likeness (QED) is 0.600.